The molecule has 1 rings (SSSR count). The number of pyridine rings is 1. The third-order valence-corrected chi connectivity index (χ3v) is 2.37. The number of ketones is 1. The molecule has 3 heteroatoms. The Hall–Kier alpha value is -1.15. The average Bonchev–Trinajstić information content (AvgIpc) is 2.26. The number of carbonyl (C=O) groups is 1. The summed E-state index contributed by atoms with van der Waals surface area (Å²) < 4.78 is 0. The Bertz CT molecular complexity index is 385. The van der Waals surface area contributed by atoms with Crippen molar-refractivity contribution in [3.63, 3.8) is 0 Å². The molecule has 1 aromatic rings. The molecule has 0 aliphatic heterocycles. The van der Waals surface area contributed by atoms with E-state index in [0.29, 0.717) is 5.57 Å². The fourth-order valence-electron chi connectivity index (χ4n) is 1.42. The van der Waals surface area contributed by atoms with Gasteiger partial charge in [-0.15, -0.1) is 11.6 Å². The van der Waals surface area contributed by atoms with Crippen molar-refractivity contribution >= 4 is 23.0 Å². The van der Waals surface area contributed by atoms with E-state index in [4.69, 9.17) is 11.6 Å². The number of allylic oxidation sites excluding steroid dienone is 2. The summed E-state index contributed by atoms with van der Waals surface area (Å²) in [6, 6.07) is 3.72. The molecule has 0 aliphatic carbocycles. The smallest absolute Gasteiger partial charge is 0.177 e. The first-order valence-corrected chi connectivity index (χ1v) is 5.45. The van der Waals surface area contributed by atoms with Crippen molar-refractivity contribution in [1.82, 2.24) is 4.98 Å². The van der Waals surface area contributed by atoms with E-state index in [1.165, 1.54) is 0 Å². The largest absolute Gasteiger partial charge is 0.293 e. The lowest BCUT2D eigenvalue weighted by Crippen LogP contribution is -2.05. The van der Waals surface area contributed by atoms with Gasteiger partial charge >= 0.3 is 0 Å². The predicted molar refractivity (Wildman–Crippen MR) is 63.0 cm³/mol. The molecule has 0 radical (unpaired) electrons. The molecule has 2 nitrogen and oxygen atoms in total. The minimum absolute atomic E-state index is 0.0141. The van der Waals surface area contributed by atoms with Crippen LogP contribution in [-0.4, -0.2) is 16.6 Å². The molecule has 0 aromatic carbocycles. The summed E-state index contributed by atoms with van der Waals surface area (Å²) in [6.45, 7) is 3.88. The van der Waals surface area contributed by atoms with Crippen molar-refractivity contribution in [1.29, 1.82) is 0 Å². The number of aryl methyl sites for hydroxylation is 1. The predicted octanol–water partition coefficient (Wildman–Crippen LogP) is 2.99. The lowest BCUT2D eigenvalue weighted by molar-refractivity contribution is -0.111. The second-order valence-electron chi connectivity index (χ2n) is 3.22. The van der Waals surface area contributed by atoms with E-state index in [9.17, 15) is 4.79 Å². The van der Waals surface area contributed by atoms with Gasteiger partial charge in [0.1, 0.15) is 0 Å². The summed E-state index contributed by atoms with van der Waals surface area (Å²) in [6.07, 6.45) is 4.43. The molecule has 0 N–H and O–H groups in total. The molecule has 0 spiro atoms. The van der Waals surface area contributed by atoms with Crippen molar-refractivity contribution in [2.75, 3.05) is 5.88 Å². The van der Waals surface area contributed by atoms with Crippen LogP contribution in [0.1, 0.15) is 24.6 Å². The first kappa shape index (κ1) is 11.9. The molecule has 0 aliphatic rings. The highest BCUT2D eigenvalue weighted by atomic mass is 35.5. The van der Waals surface area contributed by atoms with Gasteiger partial charge in [0.2, 0.25) is 0 Å². The van der Waals surface area contributed by atoms with Crippen LogP contribution >= 0.6 is 11.6 Å². The molecule has 0 fully saturated rings. The maximum Gasteiger partial charge on any atom is 0.177 e. The van der Waals surface area contributed by atoms with Gasteiger partial charge in [-0.25, -0.2) is 0 Å². The molecule has 0 unspecified atom stereocenters. The van der Waals surface area contributed by atoms with E-state index in [2.05, 4.69) is 4.98 Å². The number of nitrogens with zero attached hydrogens (tertiary/aromatic N) is 1. The van der Waals surface area contributed by atoms with Crippen LogP contribution in [-0.2, 0) is 4.79 Å². The van der Waals surface area contributed by atoms with Crippen molar-refractivity contribution in [3.8, 4) is 0 Å². The summed E-state index contributed by atoms with van der Waals surface area (Å²) in [5.74, 6) is -0.0326. The minimum atomic E-state index is -0.0467. The Morgan fingerprint density at radius 2 is 2.33 bits per heavy atom. The van der Waals surface area contributed by atoms with E-state index in [1.54, 1.807) is 6.20 Å². The zero-order chi connectivity index (χ0) is 11.3. The number of carbonyl (C=O) groups excluding carboxylic acids is 1. The Balaban J connectivity index is 3.17. The normalized spacial score (nSPS) is 11.5. The van der Waals surface area contributed by atoms with Gasteiger partial charge in [-0.05, 0) is 19.4 Å². The highest BCUT2D eigenvalue weighted by Crippen LogP contribution is 2.19. The minimum Gasteiger partial charge on any atom is -0.293 e. The Kier molecular flexibility index (Phi) is 4.50. The number of Topliss-reactive ketones (excluding diaryl/α,β-unsaturated/α-hetero) is 1. The molecule has 0 saturated heterocycles. The SMILES string of the molecule is CC/C=C(/C(=O)CCl)c1cccnc1C. The van der Waals surface area contributed by atoms with Gasteiger partial charge in [-0.1, -0.05) is 19.1 Å². The molecule has 1 heterocycles. The summed E-state index contributed by atoms with van der Waals surface area (Å²) in [5.41, 5.74) is 2.42. The van der Waals surface area contributed by atoms with Gasteiger partial charge in [0.15, 0.2) is 5.78 Å². The fourth-order valence-corrected chi connectivity index (χ4v) is 1.56. The molecule has 1 aromatic heterocycles. The van der Waals surface area contributed by atoms with Crippen molar-refractivity contribution in [2.45, 2.75) is 20.3 Å². The van der Waals surface area contributed by atoms with Gasteiger partial charge in [0.25, 0.3) is 0 Å². The first-order valence-electron chi connectivity index (χ1n) is 4.92. The zero-order valence-corrected chi connectivity index (χ0v) is 9.71. The monoisotopic (exact) mass is 223 g/mol. The summed E-state index contributed by atoms with van der Waals surface area (Å²) >= 11 is 5.57. The van der Waals surface area contributed by atoms with E-state index >= 15 is 0 Å². The standard InChI is InChI=1S/C12H14ClNO/c1-3-5-11(12(15)8-13)10-6-4-7-14-9(10)2/h4-7H,3,8H2,1-2H3/b11-5+. The Labute approximate surface area is 95.0 Å². The molecular formula is C12H14ClNO. The van der Waals surface area contributed by atoms with Crippen LogP contribution in [0.2, 0.25) is 0 Å². The van der Waals surface area contributed by atoms with Crippen molar-refractivity contribution in [3.05, 3.63) is 35.7 Å². The number of rotatable bonds is 4. The quantitative estimate of drug-likeness (QED) is 0.580. The highest BCUT2D eigenvalue weighted by Gasteiger charge is 2.12. The van der Waals surface area contributed by atoms with Crippen molar-refractivity contribution in [2.24, 2.45) is 0 Å². The molecule has 0 bridgehead atoms. The van der Waals surface area contributed by atoms with Gasteiger partial charge in [0.05, 0.1) is 5.88 Å². The van der Waals surface area contributed by atoms with Gasteiger partial charge in [-0.2, -0.15) is 0 Å². The fraction of sp³-hybridized carbons (Fsp3) is 0.333. The number of halogens is 1. The van der Waals surface area contributed by atoms with Crippen LogP contribution in [0, 0.1) is 6.92 Å². The maximum absolute atomic E-state index is 11.6. The van der Waals surface area contributed by atoms with Crippen LogP contribution in [0.3, 0.4) is 0 Å². The summed E-state index contributed by atoms with van der Waals surface area (Å²) in [7, 11) is 0. The second kappa shape index (κ2) is 5.66. The summed E-state index contributed by atoms with van der Waals surface area (Å²) in [5, 5.41) is 0. The summed E-state index contributed by atoms with van der Waals surface area (Å²) in [4.78, 5) is 15.8. The molecular weight excluding hydrogens is 210 g/mol. The second-order valence-corrected chi connectivity index (χ2v) is 3.49. The van der Waals surface area contributed by atoms with Crippen LogP contribution in [0.15, 0.2) is 24.4 Å². The molecule has 80 valence electrons. The van der Waals surface area contributed by atoms with Crippen LogP contribution in [0.25, 0.3) is 5.57 Å². The molecule has 0 atom stereocenters. The first-order chi connectivity index (χ1) is 7.20. The molecule has 0 amide bonds. The average molecular weight is 224 g/mol. The zero-order valence-electron chi connectivity index (χ0n) is 8.96. The van der Waals surface area contributed by atoms with E-state index in [0.717, 1.165) is 17.7 Å². The number of alkyl halides is 1. The Morgan fingerprint density at radius 1 is 1.60 bits per heavy atom. The van der Waals surface area contributed by atoms with Gasteiger partial charge < -0.3 is 0 Å². The van der Waals surface area contributed by atoms with Crippen LogP contribution < -0.4 is 0 Å². The number of hydrogen-bond acceptors (Lipinski definition) is 2. The van der Waals surface area contributed by atoms with Gasteiger partial charge in [-0.3, -0.25) is 9.78 Å². The van der Waals surface area contributed by atoms with Crippen LogP contribution in [0.4, 0.5) is 0 Å². The topological polar surface area (TPSA) is 30.0 Å². The lowest BCUT2D eigenvalue weighted by atomic mass is 10.0. The number of hydrogen-bond donors (Lipinski definition) is 0. The van der Waals surface area contributed by atoms with E-state index < -0.39 is 0 Å². The number of aromatic nitrogens is 1. The Morgan fingerprint density at radius 3 is 2.87 bits per heavy atom. The molecule has 0 saturated carbocycles. The lowest BCUT2D eigenvalue weighted by Gasteiger charge is -2.07. The third kappa shape index (κ3) is 2.90. The molecule has 15 heavy (non-hydrogen) atoms. The maximum atomic E-state index is 11.6. The van der Waals surface area contributed by atoms with Crippen LogP contribution in [0.5, 0.6) is 0 Å². The highest BCUT2D eigenvalue weighted by molar-refractivity contribution is 6.37. The van der Waals surface area contributed by atoms with Gasteiger partial charge in [0, 0.05) is 23.0 Å². The van der Waals surface area contributed by atoms with E-state index in [-0.39, 0.29) is 11.7 Å². The van der Waals surface area contributed by atoms with Crippen molar-refractivity contribution < 1.29 is 4.79 Å². The van der Waals surface area contributed by atoms with E-state index in [1.807, 2.05) is 32.1 Å². The third-order valence-electron chi connectivity index (χ3n) is 2.13.